The number of nitrogens with two attached hydrogens (primary N) is 2. The van der Waals surface area contributed by atoms with Gasteiger partial charge in [0.15, 0.2) is 0 Å². The van der Waals surface area contributed by atoms with Crippen molar-refractivity contribution in [3.63, 3.8) is 0 Å². The highest BCUT2D eigenvalue weighted by atomic mass is 16.5. The largest absolute Gasteiger partial charge is 0.398 e. The average Bonchev–Trinajstić information content (AvgIpc) is 3.03. The minimum absolute atomic E-state index is 0.783. The second kappa shape index (κ2) is 5.96. The zero-order valence-electron chi connectivity index (χ0n) is 14.0. The third-order valence-corrected chi connectivity index (χ3v) is 5.07. The van der Waals surface area contributed by atoms with Crippen LogP contribution in [0.2, 0.25) is 0 Å². The van der Waals surface area contributed by atoms with Gasteiger partial charge in [-0.05, 0) is 40.5 Å². The van der Waals surface area contributed by atoms with Crippen molar-refractivity contribution in [2.75, 3.05) is 31.7 Å². The van der Waals surface area contributed by atoms with Crippen LogP contribution in [0, 0.1) is 0 Å². The highest BCUT2D eigenvalue weighted by Crippen LogP contribution is 2.41. The van der Waals surface area contributed by atoms with Gasteiger partial charge in [-0.1, -0.05) is 24.3 Å². The normalized spacial score (nSPS) is 14.5. The Morgan fingerprint density at radius 2 is 1.50 bits per heavy atom. The van der Waals surface area contributed by atoms with Crippen LogP contribution in [-0.4, -0.2) is 25.2 Å². The maximum Gasteiger partial charge on any atom is 0.0474 e. The summed E-state index contributed by atoms with van der Waals surface area (Å²) in [6, 6.07) is 12.7. The van der Waals surface area contributed by atoms with Gasteiger partial charge < -0.3 is 16.2 Å². The third kappa shape index (κ3) is 2.39. The van der Waals surface area contributed by atoms with Crippen LogP contribution in [0.3, 0.4) is 0 Å². The lowest BCUT2D eigenvalue weighted by molar-refractivity contribution is 0.172. The van der Waals surface area contributed by atoms with Crippen molar-refractivity contribution in [3.05, 3.63) is 47.5 Å². The zero-order valence-corrected chi connectivity index (χ0v) is 14.0. The SMILES string of the molecule is COCCCN1Cc2c(c(N)c3cc4ccccc4cc3c2N)C1. The number of anilines is 2. The van der Waals surface area contributed by atoms with Gasteiger partial charge in [-0.15, -0.1) is 0 Å². The number of hydrogen-bond donors (Lipinski definition) is 2. The predicted molar refractivity (Wildman–Crippen MR) is 101 cm³/mol. The van der Waals surface area contributed by atoms with Gasteiger partial charge in [0.05, 0.1) is 0 Å². The Morgan fingerprint density at radius 3 is 2.00 bits per heavy atom. The molecule has 3 aromatic rings. The summed E-state index contributed by atoms with van der Waals surface area (Å²) in [6.45, 7) is 3.53. The molecule has 24 heavy (non-hydrogen) atoms. The van der Waals surface area contributed by atoms with Crippen molar-refractivity contribution in [1.29, 1.82) is 0 Å². The highest BCUT2D eigenvalue weighted by Gasteiger charge is 2.25. The standard InChI is InChI=1S/C20H23N3O/c1-24-8-4-7-23-11-17-18(12-23)20(22)16-10-14-6-3-2-5-13(14)9-15(16)19(17)21/h2-3,5-6,9-10H,4,7-8,11-12,21-22H2,1H3. The first-order chi connectivity index (χ1) is 11.7. The van der Waals surface area contributed by atoms with E-state index < -0.39 is 0 Å². The molecule has 4 rings (SSSR count). The molecule has 0 amide bonds. The quantitative estimate of drug-likeness (QED) is 0.334. The van der Waals surface area contributed by atoms with Crippen molar-refractivity contribution < 1.29 is 4.74 Å². The van der Waals surface area contributed by atoms with Gasteiger partial charge in [-0.25, -0.2) is 0 Å². The molecular formula is C20H23N3O. The summed E-state index contributed by atoms with van der Waals surface area (Å²) in [6.07, 6.45) is 1.02. The van der Waals surface area contributed by atoms with Crippen molar-refractivity contribution in [3.8, 4) is 0 Å². The zero-order chi connectivity index (χ0) is 16.7. The molecule has 4 N–H and O–H groups in total. The lowest BCUT2D eigenvalue weighted by Crippen LogP contribution is -2.19. The van der Waals surface area contributed by atoms with Crippen LogP contribution < -0.4 is 11.5 Å². The topological polar surface area (TPSA) is 64.5 Å². The second-order valence-electron chi connectivity index (χ2n) is 6.59. The van der Waals surface area contributed by atoms with E-state index in [4.69, 9.17) is 16.2 Å². The van der Waals surface area contributed by atoms with E-state index in [2.05, 4.69) is 41.3 Å². The minimum atomic E-state index is 0.783. The predicted octanol–water partition coefficient (Wildman–Crippen LogP) is 3.51. The summed E-state index contributed by atoms with van der Waals surface area (Å²) >= 11 is 0. The van der Waals surface area contributed by atoms with E-state index in [0.29, 0.717) is 0 Å². The molecular weight excluding hydrogens is 298 g/mol. The number of ether oxygens (including phenoxy) is 1. The number of methoxy groups -OCH3 is 1. The molecule has 0 atom stereocenters. The van der Waals surface area contributed by atoms with Gasteiger partial charge >= 0.3 is 0 Å². The number of hydrogen-bond acceptors (Lipinski definition) is 4. The summed E-state index contributed by atoms with van der Waals surface area (Å²) in [4.78, 5) is 2.40. The van der Waals surface area contributed by atoms with Gasteiger partial charge in [-0.3, -0.25) is 4.90 Å². The van der Waals surface area contributed by atoms with Crippen molar-refractivity contribution >= 4 is 32.9 Å². The molecule has 124 valence electrons. The Morgan fingerprint density at radius 1 is 0.958 bits per heavy atom. The summed E-state index contributed by atoms with van der Waals surface area (Å²) < 4.78 is 5.16. The Bertz CT molecular complexity index is 850. The first-order valence-electron chi connectivity index (χ1n) is 8.41. The lowest BCUT2D eigenvalue weighted by Gasteiger charge is -2.13. The maximum absolute atomic E-state index is 6.54. The first-order valence-corrected chi connectivity index (χ1v) is 8.41. The van der Waals surface area contributed by atoms with Gasteiger partial charge in [0.1, 0.15) is 0 Å². The fraction of sp³-hybridized carbons (Fsp3) is 0.300. The Labute approximate surface area is 142 Å². The highest BCUT2D eigenvalue weighted by molar-refractivity contribution is 6.10. The number of nitrogen functional groups attached to an aromatic ring is 2. The van der Waals surface area contributed by atoms with E-state index in [1.54, 1.807) is 7.11 Å². The number of fused-ring (bicyclic) bond motifs is 3. The molecule has 3 aromatic carbocycles. The molecule has 0 aliphatic carbocycles. The summed E-state index contributed by atoms with van der Waals surface area (Å²) in [7, 11) is 1.74. The first kappa shape index (κ1) is 15.2. The summed E-state index contributed by atoms with van der Waals surface area (Å²) in [5.41, 5.74) is 17.3. The van der Waals surface area contributed by atoms with E-state index in [0.717, 1.165) is 54.8 Å². The molecule has 0 saturated heterocycles. The van der Waals surface area contributed by atoms with Crippen LogP contribution in [0.1, 0.15) is 17.5 Å². The number of nitrogens with zero attached hydrogens (tertiary/aromatic N) is 1. The van der Waals surface area contributed by atoms with Crippen molar-refractivity contribution in [2.24, 2.45) is 0 Å². The molecule has 4 heteroatoms. The number of benzene rings is 3. The fourth-order valence-electron chi connectivity index (χ4n) is 3.79. The van der Waals surface area contributed by atoms with E-state index in [9.17, 15) is 0 Å². The molecule has 1 aliphatic heterocycles. The third-order valence-electron chi connectivity index (χ3n) is 5.07. The fourth-order valence-corrected chi connectivity index (χ4v) is 3.79. The molecule has 1 aliphatic rings. The van der Waals surface area contributed by atoms with Crippen molar-refractivity contribution in [1.82, 2.24) is 4.90 Å². The molecule has 0 fully saturated rings. The Hall–Kier alpha value is -2.30. The van der Waals surface area contributed by atoms with Crippen LogP contribution in [0.15, 0.2) is 36.4 Å². The van der Waals surface area contributed by atoms with Gasteiger partial charge in [0.25, 0.3) is 0 Å². The Balaban J connectivity index is 1.81. The molecule has 0 bridgehead atoms. The molecule has 0 unspecified atom stereocenters. The number of rotatable bonds is 4. The molecule has 4 nitrogen and oxygen atoms in total. The van der Waals surface area contributed by atoms with Crippen molar-refractivity contribution in [2.45, 2.75) is 19.5 Å². The Kier molecular flexibility index (Phi) is 3.79. The van der Waals surface area contributed by atoms with E-state index >= 15 is 0 Å². The second-order valence-corrected chi connectivity index (χ2v) is 6.59. The maximum atomic E-state index is 6.54. The van der Waals surface area contributed by atoms with Crippen LogP contribution in [-0.2, 0) is 17.8 Å². The molecule has 0 aromatic heterocycles. The molecule has 0 radical (unpaired) electrons. The van der Waals surface area contributed by atoms with Crippen LogP contribution in [0.25, 0.3) is 21.5 Å². The van der Waals surface area contributed by atoms with Gasteiger partial charge in [0, 0.05) is 55.5 Å². The molecule has 0 spiro atoms. The summed E-state index contributed by atoms with van der Waals surface area (Å²) in [5.74, 6) is 0. The average molecular weight is 321 g/mol. The smallest absolute Gasteiger partial charge is 0.0474 e. The van der Waals surface area contributed by atoms with Gasteiger partial charge in [-0.2, -0.15) is 0 Å². The monoisotopic (exact) mass is 321 g/mol. The molecule has 1 heterocycles. The minimum Gasteiger partial charge on any atom is -0.398 e. The lowest BCUT2D eigenvalue weighted by atomic mass is 9.95. The van der Waals surface area contributed by atoms with Crippen LogP contribution in [0.5, 0.6) is 0 Å². The van der Waals surface area contributed by atoms with E-state index in [1.165, 1.54) is 21.9 Å². The van der Waals surface area contributed by atoms with E-state index in [-0.39, 0.29) is 0 Å². The van der Waals surface area contributed by atoms with Gasteiger partial charge in [0.2, 0.25) is 0 Å². The van der Waals surface area contributed by atoms with Crippen LogP contribution in [0.4, 0.5) is 11.4 Å². The van der Waals surface area contributed by atoms with E-state index in [1.807, 2.05) is 0 Å². The molecule has 0 saturated carbocycles. The summed E-state index contributed by atoms with van der Waals surface area (Å²) in [5, 5.41) is 4.55. The van der Waals surface area contributed by atoms with Crippen LogP contribution >= 0.6 is 0 Å².